The van der Waals surface area contributed by atoms with E-state index in [0.29, 0.717) is 0 Å². The lowest BCUT2D eigenvalue weighted by atomic mass is 10.1. The van der Waals surface area contributed by atoms with E-state index in [1.807, 2.05) is 0 Å². The lowest BCUT2D eigenvalue weighted by Crippen LogP contribution is -2.41. The maximum absolute atomic E-state index is 8.77. The second kappa shape index (κ2) is 28.3. The van der Waals surface area contributed by atoms with Crippen LogP contribution in [0.5, 0.6) is 0 Å². The topological polar surface area (TPSA) is 405 Å². The molecule has 0 aliphatic carbocycles. The third-order valence-corrected chi connectivity index (χ3v) is 4.65. The fraction of sp³-hybridized carbons (Fsp3) is 1.00. The average molecular weight is 609 g/mol. The minimum absolute atomic E-state index is 0.641. The van der Waals surface area contributed by atoms with Crippen molar-refractivity contribution in [2.45, 2.75) is 73.2 Å². The van der Waals surface area contributed by atoms with Crippen molar-refractivity contribution in [1.82, 2.24) is 0 Å². The highest BCUT2D eigenvalue weighted by molar-refractivity contribution is 4.75. The van der Waals surface area contributed by atoms with E-state index in [1.165, 1.54) is 0 Å². The highest BCUT2D eigenvalue weighted by Crippen LogP contribution is 2.00. The van der Waals surface area contributed by atoms with Gasteiger partial charge in [-0.05, 0) is 0 Å². The smallest absolute Gasteiger partial charge is 0.110 e. The molecule has 0 rings (SSSR count). The third kappa shape index (κ3) is 21.9. The average Bonchev–Trinajstić information content (AvgIpc) is 3.00. The third-order valence-electron chi connectivity index (χ3n) is 4.65. The number of aliphatic hydroxyl groups excluding tert-OH is 20. The van der Waals surface area contributed by atoms with Crippen molar-refractivity contribution >= 4 is 0 Å². The fourth-order valence-electron chi connectivity index (χ4n) is 1.89. The highest BCUT2D eigenvalue weighted by Gasteiger charge is 2.25. The van der Waals surface area contributed by atoms with Gasteiger partial charge >= 0.3 is 0 Å². The number of hydrogen-bond donors (Lipinski definition) is 20. The van der Waals surface area contributed by atoms with Gasteiger partial charge < -0.3 is 102 Å². The molecule has 2 unspecified atom stereocenters. The van der Waals surface area contributed by atoms with Gasteiger partial charge in [0.15, 0.2) is 0 Å². The van der Waals surface area contributed by atoms with Crippen molar-refractivity contribution in [3.8, 4) is 0 Å². The van der Waals surface area contributed by atoms with Crippen molar-refractivity contribution in [1.29, 1.82) is 0 Å². The van der Waals surface area contributed by atoms with Crippen molar-refractivity contribution < 1.29 is 102 Å². The van der Waals surface area contributed by atoms with Gasteiger partial charge in [0, 0.05) is 0 Å². The Morgan fingerprint density at radius 2 is 0.275 bits per heavy atom. The van der Waals surface area contributed by atoms with E-state index in [1.54, 1.807) is 0 Å². The predicted octanol–water partition coefficient (Wildman–Crippen LogP) is -11.8. The number of rotatable bonds is 16. The molecule has 0 amide bonds. The Kier molecular flexibility index (Phi) is 32.7. The number of hydrogen-bond acceptors (Lipinski definition) is 20. The fourth-order valence-corrected chi connectivity index (χ4v) is 1.89. The van der Waals surface area contributed by atoms with E-state index in [4.69, 9.17) is 102 Å². The molecule has 0 heterocycles. The molecule has 20 heteroatoms. The van der Waals surface area contributed by atoms with Crippen molar-refractivity contribution in [3.05, 3.63) is 0 Å². The Balaban J connectivity index is -0.000000216. The van der Waals surface area contributed by atoms with Gasteiger partial charge in [0.05, 0.1) is 52.9 Å². The maximum atomic E-state index is 8.77. The van der Waals surface area contributed by atoms with Crippen LogP contribution in [-0.2, 0) is 0 Å². The van der Waals surface area contributed by atoms with Gasteiger partial charge in [-0.2, -0.15) is 0 Å². The summed E-state index contributed by atoms with van der Waals surface area (Å²) in [6, 6.07) is 0. The molecule has 0 saturated heterocycles. The molecule has 0 radical (unpaired) electrons. The van der Waals surface area contributed by atoms with Crippen LogP contribution in [0.2, 0.25) is 0 Å². The molecular weight excluding hydrogens is 560 g/mol. The van der Waals surface area contributed by atoms with Crippen molar-refractivity contribution in [3.63, 3.8) is 0 Å². The Morgan fingerprint density at radius 1 is 0.200 bits per heavy atom. The highest BCUT2D eigenvalue weighted by atomic mass is 16.4. The molecule has 10 atom stereocenters. The van der Waals surface area contributed by atoms with Gasteiger partial charge in [-0.15, -0.1) is 0 Å². The standard InChI is InChI=1S/4C5H12O5/c4*6-1-3(8)5(10)4(9)2-7/h4*3-10H,1-2H2/t2*3-,4+,5?;2*3-,4-/m..10/s1. The van der Waals surface area contributed by atoms with Gasteiger partial charge in [0.2, 0.25) is 0 Å². The quantitative estimate of drug-likeness (QED) is 0.0772. The molecule has 40 heavy (non-hydrogen) atoms. The van der Waals surface area contributed by atoms with Crippen LogP contribution in [0, 0.1) is 0 Å². The molecule has 0 aromatic heterocycles. The van der Waals surface area contributed by atoms with Gasteiger partial charge in [-0.25, -0.2) is 0 Å². The monoisotopic (exact) mass is 608 g/mol. The summed E-state index contributed by atoms with van der Waals surface area (Å²) in [4.78, 5) is 0. The summed E-state index contributed by atoms with van der Waals surface area (Å²) in [5.74, 6) is 0. The van der Waals surface area contributed by atoms with Crippen LogP contribution in [0.4, 0.5) is 0 Å². The van der Waals surface area contributed by atoms with Gasteiger partial charge in [0.25, 0.3) is 0 Å². The summed E-state index contributed by atoms with van der Waals surface area (Å²) in [5.41, 5.74) is 0. The van der Waals surface area contributed by atoms with Crippen LogP contribution in [0.1, 0.15) is 0 Å². The Bertz CT molecular complexity index is 392. The van der Waals surface area contributed by atoms with E-state index in [2.05, 4.69) is 0 Å². The molecule has 248 valence electrons. The second-order valence-electron chi connectivity index (χ2n) is 7.96. The van der Waals surface area contributed by atoms with Crippen LogP contribution in [-0.4, -0.2) is 228 Å². The maximum Gasteiger partial charge on any atom is 0.110 e. The van der Waals surface area contributed by atoms with Crippen LogP contribution >= 0.6 is 0 Å². The molecule has 0 aliphatic rings. The zero-order valence-electron chi connectivity index (χ0n) is 21.5. The summed E-state index contributed by atoms with van der Waals surface area (Å²) in [7, 11) is 0. The summed E-state index contributed by atoms with van der Waals surface area (Å²) in [6.07, 6.45) is -17.2. The van der Waals surface area contributed by atoms with E-state index in [9.17, 15) is 0 Å². The first-order valence-electron chi connectivity index (χ1n) is 11.6. The predicted molar refractivity (Wildman–Crippen MR) is 129 cm³/mol. The first-order chi connectivity index (χ1) is 18.5. The minimum atomic E-state index is -1.49. The lowest BCUT2D eigenvalue weighted by Gasteiger charge is -2.19. The second-order valence-corrected chi connectivity index (χ2v) is 7.96. The zero-order chi connectivity index (χ0) is 32.6. The summed E-state index contributed by atoms with van der Waals surface area (Å²) >= 11 is 0. The van der Waals surface area contributed by atoms with E-state index < -0.39 is 126 Å². The van der Waals surface area contributed by atoms with Crippen molar-refractivity contribution in [2.24, 2.45) is 0 Å². The van der Waals surface area contributed by atoms with E-state index in [0.717, 1.165) is 0 Å². The zero-order valence-corrected chi connectivity index (χ0v) is 21.5. The Morgan fingerprint density at radius 3 is 0.325 bits per heavy atom. The molecule has 0 fully saturated rings. The van der Waals surface area contributed by atoms with Crippen LogP contribution in [0.3, 0.4) is 0 Å². The summed E-state index contributed by atoms with van der Waals surface area (Å²) in [5, 5.41) is 170. The molecule has 0 aromatic rings. The largest absolute Gasteiger partial charge is 0.394 e. The van der Waals surface area contributed by atoms with E-state index >= 15 is 0 Å². The summed E-state index contributed by atoms with van der Waals surface area (Å²) in [6.45, 7) is -5.13. The first-order valence-corrected chi connectivity index (χ1v) is 11.6. The van der Waals surface area contributed by atoms with Crippen LogP contribution in [0.25, 0.3) is 0 Å². The number of aliphatic hydroxyl groups is 20. The molecule has 20 nitrogen and oxygen atoms in total. The molecule has 0 bridgehead atoms. The normalized spacial score (nSPS) is 18.8. The van der Waals surface area contributed by atoms with Crippen molar-refractivity contribution in [2.75, 3.05) is 52.9 Å². The molecular formula is C20H48O20. The van der Waals surface area contributed by atoms with E-state index in [-0.39, 0.29) is 0 Å². The Hall–Kier alpha value is -0.800. The lowest BCUT2D eigenvalue weighted by molar-refractivity contribution is -0.0900. The molecule has 20 N–H and O–H groups in total. The minimum Gasteiger partial charge on any atom is -0.394 e. The Labute approximate surface area is 229 Å². The van der Waals surface area contributed by atoms with Crippen LogP contribution in [0.15, 0.2) is 0 Å². The van der Waals surface area contributed by atoms with Gasteiger partial charge in [-0.1, -0.05) is 0 Å². The molecule has 0 aliphatic heterocycles. The molecule has 0 spiro atoms. The molecule has 0 saturated carbocycles. The molecule has 0 aromatic carbocycles. The first kappa shape index (κ1) is 46.2. The van der Waals surface area contributed by atoms with Gasteiger partial charge in [0.1, 0.15) is 73.2 Å². The SMILES string of the molecule is OC[C@@H](O)C(O)[C@@H](O)CO.OC[C@@H](O)C(O)[C@@H](O)CO.OC[C@@H](O)C(O)[C@H](O)CO.OC[C@H](O)C(O)[C@@H](O)CO. The van der Waals surface area contributed by atoms with Gasteiger partial charge in [-0.3, -0.25) is 0 Å². The van der Waals surface area contributed by atoms with Crippen LogP contribution < -0.4 is 0 Å². The summed E-state index contributed by atoms with van der Waals surface area (Å²) < 4.78 is 0.